The molecule has 9 nitrogen and oxygen atoms in total. The molecule has 0 saturated carbocycles. The number of esters is 1. The van der Waals surface area contributed by atoms with Crippen molar-refractivity contribution in [2.75, 3.05) is 31.8 Å². The van der Waals surface area contributed by atoms with E-state index in [-0.39, 0.29) is 17.1 Å². The van der Waals surface area contributed by atoms with Gasteiger partial charge in [0, 0.05) is 0 Å². The number of hydrogen-bond acceptors (Lipinski definition) is 7. The molecule has 0 bridgehead atoms. The van der Waals surface area contributed by atoms with Crippen molar-refractivity contribution in [2.45, 2.75) is 18.9 Å². The van der Waals surface area contributed by atoms with Crippen molar-refractivity contribution in [2.24, 2.45) is 0 Å². The molecule has 2 amide bonds. The van der Waals surface area contributed by atoms with Gasteiger partial charge in [0.15, 0.2) is 16.4 Å². The molecule has 1 saturated heterocycles. The van der Waals surface area contributed by atoms with Crippen LogP contribution in [0.5, 0.6) is 5.75 Å². The van der Waals surface area contributed by atoms with Crippen LogP contribution < -0.4 is 15.4 Å². The quantitative estimate of drug-likeness (QED) is 0.602. The molecule has 1 atom stereocenters. The molecule has 148 valence electrons. The number of carbonyl (C=O) groups is 3. The summed E-state index contributed by atoms with van der Waals surface area (Å²) < 4.78 is 32.9. The number of methoxy groups -OCH3 is 1. The lowest BCUT2D eigenvalue weighted by atomic mass is 10.0. The van der Waals surface area contributed by atoms with Gasteiger partial charge in [0.2, 0.25) is 0 Å². The second kappa shape index (κ2) is 8.38. The number of carbonyl (C=O) groups excluding carboxylic acids is 3. The van der Waals surface area contributed by atoms with Crippen molar-refractivity contribution in [3.05, 3.63) is 29.8 Å². The van der Waals surface area contributed by atoms with E-state index in [1.807, 2.05) is 0 Å². The Hall–Kier alpha value is -2.62. The number of ether oxygens (including phenoxy) is 2. The van der Waals surface area contributed by atoms with Gasteiger partial charge >= 0.3 is 5.97 Å². The summed E-state index contributed by atoms with van der Waals surface area (Å²) in [5.74, 6) is -1.68. The standard InChI is InChI=1S/C17H22N2O7S/c1-17(7-8-27(23,24)11-17)19-14(20)10-26-15(21)9-18-16(22)12-5-3-4-6-13(12)25-2/h3-6H,7-11H2,1-2H3,(H,18,22)(H,19,20)/t17-/m1/s1. The Bertz CT molecular complexity index is 837. The van der Waals surface area contributed by atoms with E-state index in [0.717, 1.165) is 0 Å². The van der Waals surface area contributed by atoms with E-state index in [2.05, 4.69) is 10.6 Å². The zero-order valence-electron chi connectivity index (χ0n) is 15.1. The van der Waals surface area contributed by atoms with Gasteiger partial charge in [-0.3, -0.25) is 14.4 Å². The van der Waals surface area contributed by atoms with Crippen LogP contribution in [0.15, 0.2) is 24.3 Å². The van der Waals surface area contributed by atoms with E-state index in [4.69, 9.17) is 9.47 Å². The Morgan fingerprint density at radius 3 is 2.56 bits per heavy atom. The molecule has 1 aromatic rings. The number of hydrogen-bond donors (Lipinski definition) is 2. The Morgan fingerprint density at radius 2 is 1.93 bits per heavy atom. The number of benzene rings is 1. The van der Waals surface area contributed by atoms with Gasteiger partial charge in [-0.1, -0.05) is 12.1 Å². The van der Waals surface area contributed by atoms with Gasteiger partial charge in [-0.2, -0.15) is 0 Å². The average molecular weight is 398 g/mol. The largest absolute Gasteiger partial charge is 0.496 e. The third-order valence-corrected chi connectivity index (χ3v) is 5.96. The second-order valence-electron chi connectivity index (χ2n) is 6.49. The van der Waals surface area contributed by atoms with Crippen LogP contribution in [-0.2, 0) is 24.2 Å². The Labute approximate surface area is 157 Å². The third kappa shape index (κ3) is 5.95. The summed E-state index contributed by atoms with van der Waals surface area (Å²) in [6.07, 6.45) is 0.310. The van der Waals surface area contributed by atoms with Gasteiger partial charge in [-0.05, 0) is 25.5 Å². The minimum atomic E-state index is -3.16. The van der Waals surface area contributed by atoms with E-state index in [9.17, 15) is 22.8 Å². The molecule has 2 N–H and O–H groups in total. The summed E-state index contributed by atoms with van der Waals surface area (Å²) in [4.78, 5) is 35.7. The molecule has 0 radical (unpaired) electrons. The van der Waals surface area contributed by atoms with E-state index < -0.39 is 46.3 Å². The van der Waals surface area contributed by atoms with Crippen molar-refractivity contribution in [3.8, 4) is 5.75 Å². The maximum absolute atomic E-state index is 12.1. The molecule has 1 heterocycles. The second-order valence-corrected chi connectivity index (χ2v) is 8.68. The first-order valence-corrected chi connectivity index (χ1v) is 10.0. The molecule has 0 spiro atoms. The number of rotatable bonds is 7. The third-order valence-electron chi connectivity index (χ3n) is 4.05. The molecule has 1 aromatic carbocycles. The maximum atomic E-state index is 12.1. The van der Waals surface area contributed by atoms with Crippen molar-refractivity contribution in [1.82, 2.24) is 10.6 Å². The molecule has 0 aliphatic carbocycles. The average Bonchev–Trinajstić information content (AvgIpc) is 2.90. The van der Waals surface area contributed by atoms with Crippen LogP contribution in [0.25, 0.3) is 0 Å². The van der Waals surface area contributed by atoms with Crippen LogP contribution in [0.3, 0.4) is 0 Å². The summed E-state index contributed by atoms with van der Waals surface area (Å²) in [5.41, 5.74) is -0.596. The zero-order valence-corrected chi connectivity index (χ0v) is 15.9. The fourth-order valence-electron chi connectivity index (χ4n) is 2.76. The van der Waals surface area contributed by atoms with Crippen LogP contribution >= 0.6 is 0 Å². The summed E-state index contributed by atoms with van der Waals surface area (Å²) in [7, 11) is -1.74. The Kier molecular flexibility index (Phi) is 6.42. The van der Waals surface area contributed by atoms with Gasteiger partial charge in [-0.15, -0.1) is 0 Å². The van der Waals surface area contributed by atoms with E-state index in [1.165, 1.54) is 7.11 Å². The molecule has 1 aliphatic heterocycles. The lowest BCUT2D eigenvalue weighted by Gasteiger charge is -2.23. The van der Waals surface area contributed by atoms with E-state index in [0.29, 0.717) is 12.2 Å². The number of amides is 2. The normalized spacial score (nSPS) is 20.5. The van der Waals surface area contributed by atoms with Crippen molar-refractivity contribution in [1.29, 1.82) is 0 Å². The fourth-order valence-corrected chi connectivity index (χ4v) is 4.85. The van der Waals surface area contributed by atoms with Crippen molar-refractivity contribution in [3.63, 3.8) is 0 Å². The lowest BCUT2D eigenvalue weighted by Crippen LogP contribution is -2.48. The van der Waals surface area contributed by atoms with E-state index >= 15 is 0 Å². The number of para-hydroxylation sites is 1. The topological polar surface area (TPSA) is 128 Å². The number of nitrogens with one attached hydrogen (secondary N) is 2. The van der Waals surface area contributed by atoms with Crippen LogP contribution in [0, 0.1) is 0 Å². The SMILES string of the molecule is COc1ccccc1C(=O)NCC(=O)OCC(=O)N[C@]1(C)CCS(=O)(=O)C1. The fraction of sp³-hybridized carbons (Fsp3) is 0.471. The molecular formula is C17H22N2O7S. The molecule has 10 heteroatoms. The molecule has 0 aromatic heterocycles. The minimum absolute atomic E-state index is 0.0124. The monoisotopic (exact) mass is 398 g/mol. The Morgan fingerprint density at radius 1 is 1.22 bits per heavy atom. The highest BCUT2D eigenvalue weighted by Crippen LogP contribution is 2.22. The predicted octanol–water partition coefficient (Wildman–Crippen LogP) is -0.338. The zero-order chi connectivity index (χ0) is 20.1. The smallest absolute Gasteiger partial charge is 0.325 e. The molecule has 2 rings (SSSR count). The summed E-state index contributed by atoms with van der Waals surface area (Å²) in [6.45, 7) is 0.652. The van der Waals surface area contributed by atoms with Crippen LogP contribution in [0.4, 0.5) is 0 Å². The molecule has 1 fully saturated rings. The van der Waals surface area contributed by atoms with Crippen LogP contribution in [-0.4, -0.2) is 63.5 Å². The highest BCUT2D eigenvalue weighted by molar-refractivity contribution is 7.91. The highest BCUT2D eigenvalue weighted by atomic mass is 32.2. The number of sulfone groups is 1. The minimum Gasteiger partial charge on any atom is -0.496 e. The molecule has 27 heavy (non-hydrogen) atoms. The lowest BCUT2D eigenvalue weighted by molar-refractivity contribution is -0.147. The summed E-state index contributed by atoms with van der Waals surface area (Å²) >= 11 is 0. The van der Waals surface area contributed by atoms with Gasteiger partial charge in [0.05, 0.1) is 29.7 Å². The maximum Gasteiger partial charge on any atom is 0.325 e. The van der Waals surface area contributed by atoms with Gasteiger partial charge in [0.1, 0.15) is 12.3 Å². The van der Waals surface area contributed by atoms with Crippen molar-refractivity contribution >= 4 is 27.6 Å². The predicted molar refractivity (Wildman–Crippen MR) is 96.1 cm³/mol. The first kappa shape index (κ1) is 20.7. The molecule has 0 unspecified atom stereocenters. The summed E-state index contributed by atoms with van der Waals surface area (Å²) in [6, 6.07) is 6.52. The van der Waals surface area contributed by atoms with Crippen LogP contribution in [0.2, 0.25) is 0 Å². The first-order valence-electron chi connectivity index (χ1n) is 8.22. The van der Waals surface area contributed by atoms with Crippen molar-refractivity contribution < 1.29 is 32.3 Å². The van der Waals surface area contributed by atoms with Gasteiger partial charge in [0.25, 0.3) is 11.8 Å². The summed E-state index contributed by atoms with van der Waals surface area (Å²) in [5, 5.41) is 4.96. The van der Waals surface area contributed by atoms with Crippen LogP contribution in [0.1, 0.15) is 23.7 Å². The first-order chi connectivity index (χ1) is 12.6. The molecular weight excluding hydrogens is 376 g/mol. The van der Waals surface area contributed by atoms with E-state index in [1.54, 1.807) is 31.2 Å². The molecule has 1 aliphatic rings. The van der Waals surface area contributed by atoms with Gasteiger partial charge < -0.3 is 20.1 Å². The highest BCUT2D eigenvalue weighted by Gasteiger charge is 2.39. The Balaban J connectivity index is 1.76. The van der Waals surface area contributed by atoms with Gasteiger partial charge in [-0.25, -0.2) is 8.42 Å².